The molecule has 30 heavy (non-hydrogen) atoms. The van der Waals surface area contributed by atoms with Crippen molar-refractivity contribution < 1.29 is 13.5 Å². The molecule has 0 saturated heterocycles. The summed E-state index contributed by atoms with van der Waals surface area (Å²) in [6, 6.07) is 12.9. The van der Waals surface area contributed by atoms with Crippen LogP contribution in [0, 0.1) is 6.92 Å². The normalized spacial score (nSPS) is 11.3. The zero-order chi connectivity index (χ0) is 21.3. The summed E-state index contributed by atoms with van der Waals surface area (Å²) in [6.07, 6.45) is 0. The molecule has 4 rings (SSSR count). The maximum Gasteiger partial charge on any atom is 0.387 e. The maximum atomic E-state index is 12.4. The van der Waals surface area contributed by atoms with Crippen molar-refractivity contribution in [3.63, 3.8) is 0 Å². The highest BCUT2D eigenvalue weighted by Crippen LogP contribution is 2.25. The first-order valence-corrected chi connectivity index (χ1v) is 9.78. The Bertz CT molecular complexity index is 1260. The van der Waals surface area contributed by atoms with Gasteiger partial charge in [-0.1, -0.05) is 17.8 Å². The minimum Gasteiger partial charge on any atom is -0.435 e. The van der Waals surface area contributed by atoms with E-state index in [1.54, 1.807) is 22.6 Å². The van der Waals surface area contributed by atoms with E-state index in [0.29, 0.717) is 33.6 Å². The van der Waals surface area contributed by atoms with Crippen molar-refractivity contribution in [1.82, 2.24) is 24.3 Å². The van der Waals surface area contributed by atoms with Gasteiger partial charge in [-0.15, -0.1) is 10.2 Å². The number of benzene rings is 1. The van der Waals surface area contributed by atoms with E-state index in [1.807, 2.05) is 19.1 Å². The van der Waals surface area contributed by atoms with Gasteiger partial charge in [-0.2, -0.15) is 8.78 Å². The summed E-state index contributed by atoms with van der Waals surface area (Å²) in [7, 11) is 0. The predicted octanol–water partition coefficient (Wildman–Crippen LogP) is 2.87. The lowest BCUT2D eigenvalue weighted by Crippen LogP contribution is -2.17. The van der Waals surface area contributed by atoms with E-state index >= 15 is 0 Å². The highest BCUT2D eigenvalue weighted by Gasteiger charge is 2.14. The summed E-state index contributed by atoms with van der Waals surface area (Å²) >= 11 is 1.28. The van der Waals surface area contributed by atoms with Crippen LogP contribution in [0.25, 0.3) is 17.0 Å². The Labute approximate surface area is 173 Å². The number of rotatable bonds is 6. The molecule has 0 amide bonds. The first-order chi connectivity index (χ1) is 14.4. The van der Waals surface area contributed by atoms with Crippen LogP contribution in [0.5, 0.6) is 5.75 Å². The summed E-state index contributed by atoms with van der Waals surface area (Å²) in [5.74, 6) is 6.86. The van der Waals surface area contributed by atoms with E-state index in [0.717, 1.165) is 5.69 Å². The molecular formula is C19H16F2N6O2S. The topological polar surface area (TPSA) is 100 Å². The van der Waals surface area contributed by atoms with Crippen molar-refractivity contribution in [2.75, 3.05) is 5.84 Å². The third-order valence-electron chi connectivity index (χ3n) is 4.28. The molecule has 3 aromatic heterocycles. The van der Waals surface area contributed by atoms with Crippen LogP contribution in [0.4, 0.5) is 8.78 Å². The fourth-order valence-corrected chi connectivity index (χ4v) is 3.68. The second-order valence-corrected chi connectivity index (χ2v) is 7.26. The lowest BCUT2D eigenvalue weighted by molar-refractivity contribution is -0.0498. The fourth-order valence-electron chi connectivity index (χ4n) is 2.93. The Hall–Kier alpha value is -3.47. The minimum atomic E-state index is -2.89. The smallest absolute Gasteiger partial charge is 0.387 e. The number of aromatic nitrogens is 5. The summed E-state index contributed by atoms with van der Waals surface area (Å²) in [5, 5.41) is 8.55. The second kappa shape index (κ2) is 8.11. The third-order valence-corrected chi connectivity index (χ3v) is 5.26. The molecular weight excluding hydrogens is 414 g/mol. The molecule has 3 heterocycles. The maximum absolute atomic E-state index is 12.4. The summed E-state index contributed by atoms with van der Waals surface area (Å²) in [4.78, 5) is 16.9. The lowest BCUT2D eigenvalue weighted by Gasteiger charge is -2.07. The van der Waals surface area contributed by atoms with Gasteiger partial charge in [0.15, 0.2) is 5.82 Å². The van der Waals surface area contributed by atoms with Crippen LogP contribution in [0.2, 0.25) is 0 Å². The van der Waals surface area contributed by atoms with E-state index in [1.165, 1.54) is 34.6 Å². The van der Waals surface area contributed by atoms with E-state index in [4.69, 9.17) is 5.84 Å². The Morgan fingerprint density at radius 2 is 1.93 bits per heavy atom. The molecule has 0 saturated carbocycles. The zero-order valence-electron chi connectivity index (χ0n) is 15.7. The molecule has 11 heteroatoms. The van der Waals surface area contributed by atoms with Gasteiger partial charge in [0.05, 0.1) is 5.69 Å². The third kappa shape index (κ3) is 3.96. The molecule has 1 aromatic carbocycles. The number of halogens is 2. The van der Waals surface area contributed by atoms with Crippen LogP contribution in [0.3, 0.4) is 0 Å². The van der Waals surface area contributed by atoms with E-state index in [9.17, 15) is 13.6 Å². The van der Waals surface area contributed by atoms with Crippen LogP contribution in [0.1, 0.15) is 11.4 Å². The molecule has 0 atom stereocenters. The number of pyridine rings is 1. The molecule has 0 fully saturated rings. The number of fused-ring (bicyclic) bond motifs is 1. The molecule has 8 nitrogen and oxygen atoms in total. The monoisotopic (exact) mass is 430 g/mol. The summed E-state index contributed by atoms with van der Waals surface area (Å²) in [6.45, 7) is -1.05. The SMILES string of the molecule is Cc1cccc2nc(CSc3nnc(-c4ccc(OC(F)F)cc4)n3N)cc(=O)n12. The van der Waals surface area contributed by atoms with Gasteiger partial charge in [0, 0.05) is 23.1 Å². The van der Waals surface area contributed by atoms with Gasteiger partial charge >= 0.3 is 6.61 Å². The van der Waals surface area contributed by atoms with Crippen LogP contribution < -0.4 is 16.1 Å². The average Bonchev–Trinajstić information content (AvgIpc) is 3.07. The van der Waals surface area contributed by atoms with Gasteiger partial charge in [-0.05, 0) is 43.3 Å². The summed E-state index contributed by atoms with van der Waals surface area (Å²) < 4.78 is 31.7. The second-order valence-electron chi connectivity index (χ2n) is 6.31. The van der Waals surface area contributed by atoms with Crippen molar-refractivity contribution >= 4 is 17.4 Å². The Kier molecular flexibility index (Phi) is 5.36. The molecule has 0 aliphatic rings. The largest absolute Gasteiger partial charge is 0.435 e. The fraction of sp³-hybridized carbons (Fsp3) is 0.158. The molecule has 4 aromatic rings. The molecule has 0 aliphatic carbocycles. The number of nitrogen functional groups attached to an aromatic ring is 1. The molecule has 154 valence electrons. The Morgan fingerprint density at radius 3 is 2.67 bits per heavy atom. The predicted molar refractivity (Wildman–Crippen MR) is 108 cm³/mol. The van der Waals surface area contributed by atoms with Crippen LogP contribution >= 0.6 is 11.8 Å². The number of hydrogen-bond acceptors (Lipinski definition) is 7. The Balaban J connectivity index is 1.52. The lowest BCUT2D eigenvalue weighted by atomic mass is 10.2. The molecule has 2 N–H and O–H groups in total. The van der Waals surface area contributed by atoms with Crippen molar-refractivity contribution in [3.05, 3.63) is 70.3 Å². The number of thioether (sulfide) groups is 1. The average molecular weight is 430 g/mol. The van der Waals surface area contributed by atoms with Gasteiger partial charge in [-0.3, -0.25) is 9.20 Å². The van der Waals surface area contributed by atoms with Crippen molar-refractivity contribution in [2.24, 2.45) is 0 Å². The number of alkyl halides is 2. The van der Waals surface area contributed by atoms with E-state index in [2.05, 4.69) is 19.9 Å². The molecule has 0 radical (unpaired) electrons. The molecule has 0 aliphatic heterocycles. The van der Waals surface area contributed by atoms with Gasteiger partial charge in [0.25, 0.3) is 5.56 Å². The van der Waals surface area contributed by atoms with E-state index < -0.39 is 6.61 Å². The highest BCUT2D eigenvalue weighted by molar-refractivity contribution is 7.98. The number of aryl methyl sites for hydroxylation is 1. The van der Waals surface area contributed by atoms with Gasteiger partial charge in [-0.25, -0.2) is 9.66 Å². The van der Waals surface area contributed by atoms with Gasteiger partial charge < -0.3 is 10.6 Å². The van der Waals surface area contributed by atoms with Crippen LogP contribution in [-0.2, 0) is 5.75 Å². The Morgan fingerprint density at radius 1 is 1.17 bits per heavy atom. The number of hydrogen-bond donors (Lipinski definition) is 1. The summed E-state index contributed by atoms with van der Waals surface area (Å²) in [5.41, 5.74) is 2.40. The highest BCUT2D eigenvalue weighted by atomic mass is 32.2. The zero-order valence-corrected chi connectivity index (χ0v) is 16.5. The van der Waals surface area contributed by atoms with Crippen molar-refractivity contribution in [2.45, 2.75) is 24.4 Å². The van der Waals surface area contributed by atoms with Crippen molar-refractivity contribution in [1.29, 1.82) is 0 Å². The van der Waals surface area contributed by atoms with Crippen LogP contribution in [0.15, 0.2) is 58.5 Å². The molecule has 0 unspecified atom stereocenters. The molecule has 0 bridgehead atoms. The number of nitrogens with two attached hydrogens (primary N) is 1. The van der Waals surface area contributed by atoms with Gasteiger partial charge in [0.1, 0.15) is 11.4 Å². The first-order valence-electron chi connectivity index (χ1n) is 8.79. The quantitative estimate of drug-likeness (QED) is 0.371. The number of nitrogens with zero attached hydrogens (tertiary/aromatic N) is 5. The van der Waals surface area contributed by atoms with Gasteiger partial charge in [0.2, 0.25) is 5.16 Å². The molecule has 0 spiro atoms. The van der Waals surface area contributed by atoms with Crippen LogP contribution in [-0.4, -0.2) is 30.9 Å². The first kappa shape index (κ1) is 19.8. The van der Waals surface area contributed by atoms with Crippen molar-refractivity contribution in [3.8, 4) is 17.1 Å². The van der Waals surface area contributed by atoms with E-state index in [-0.39, 0.29) is 11.3 Å². The number of ether oxygens (including phenoxy) is 1. The minimum absolute atomic E-state index is 0.0373. The standard InChI is InChI=1S/C19H16F2N6O2S/c1-11-3-2-4-15-23-13(9-16(28)26(11)15)10-30-19-25-24-17(27(19)22)12-5-7-14(8-6-12)29-18(20)21/h2-9,18H,10,22H2,1H3.